The number of nitro groups is 1. The van der Waals surface area contributed by atoms with Gasteiger partial charge in [0.1, 0.15) is 5.60 Å². The van der Waals surface area contributed by atoms with Crippen molar-refractivity contribution in [3.63, 3.8) is 0 Å². The maximum absolute atomic E-state index is 11.8. The van der Waals surface area contributed by atoms with E-state index in [0.717, 1.165) is 0 Å². The van der Waals surface area contributed by atoms with Gasteiger partial charge in [0.05, 0.1) is 15.8 Å². The van der Waals surface area contributed by atoms with Gasteiger partial charge < -0.3 is 4.74 Å². The van der Waals surface area contributed by atoms with Gasteiger partial charge in [0.2, 0.25) is 0 Å². The van der Waals surface area contributed by atoms with E-state index in [2.05, 4.69) is 10.4 Å². The van der Waals surface area contributed by atoms with Gasteiger partial charge in [0, 0.05) is 19.2 Å². The number of non-ortho nitro benzene ring substituents is 1. The number of aryl methyl sites for hydroxylation is 1. The van der Waals surface area contributed by atoms with Crippen molar-refractivity contribution in [2.24, 2.45) is 7.05 Å². The molecule has 21 heavy (non-hydrogen) atoms. The number of benzene rings is 1. The quantitative estimate of drug-likeness (QED) is 0.677. The number of carbonyl (C=O) groups is 1. The zero-order chi connectivity index (χ0) is 15.8. The molecule has 1 amide bonds. The molecular weight excluding hydrogens is 276 g/mol. The van der Waals surface area contributed by atoms with Crippen molar-refractivity contribution in [2.75, 3.05) is 5.32 Å². The Morgan fingerprint density at radius 1 is 1.43 bits per heavy atom. The Kier molecular flexibility index (Phi) is 3.54. The number of nitro benzene ring substituents is 1. The van der Waals surface area contributed by atoms with E-state index in [9.17, 15) is 14.9 Å². The summed E-state index contributed by atoms with van der Waals surface area (Å²) in [7, 11) is 1.69. The summed E-state index contributed by atoms with van der Waals surface area (Å²) in [5.74, 6) is 0.227. The number of hydrogen-bond donors (Lipinski definition) is 1. The Morgan fingerprint density at radius 3 is 2.67 bits per heavy atom. The molecule has 0 radical (unpaired) electrons. The first kappa shape index (κ1) is 14.8. The predicted octanol–water partition coefficient (Wildman–Crippen LogP) is 2.83. The molecule has 0 fully saturated rings. The van der Waals surface area contributed by atoms with E-state index in [1.165, 1.54) is 16.8 Å². The second-order valence-corrected chi connectivity index (χ2v) is 5.56. The van der Waals surface area contributed by atoms with Crippen molar-refractivity contribution >= 4 is 28.5 Å². The minimum absolute atomic E-state index is 0.0669. The molecule has 0 bridgehead atoms. The summed E-state index contributed by atoms with van der Waals surface area (Å²) in [5.41, 5.74) is -0.0323. The van der Waals surface area contributed by atoms with Crippen LogP contribution in [0.1, 0.15) is 20.8 Å². The molecule has 0 spiro atoms. The Morgan fingerprint density at radius 2 is 2.10 bits per heavy atom. The first-order chi connectivity index (χ1) is 9.67. The van der Waals surface area contributed by atoms with Crippen LogP contribution in [0.4, 0.5) is 16.3 Å². The second kappa shape index (κ2) is 5.04. The van der Waals surface area contributed by atoms with Gasteiger partial charge in [-0.1, -0.05) is 0 Å². The zero-order valence-electron chi connectivity index (χ0n) is 12.2. The monoisotopic (exact) mass is 292 g/mol. The minimum Gasteiger partial charge on any atom is -0.444 e. The van der Waals surface area contributed by atoms with Crippen LogP contribution < -0.4 is 5.32 Å². The van der Waals surface area contributed by atoms with E-state index in [1.54, 1.807) is 33.9 Å². The average molecular weight is 292 g/mol. The van der Waals surface area contributed by atoms with Gasteiger partial charge in [0.25, 0.3) is 5.69 Å². The van der Waals surface area contributed by atoms with Crippen molar-refractivity contribution in [3.05, 3.63) is 28.3 Å². The van der Waals surface area contributed by atoms with Crippen molar-refractivity contribution in [1.82, 2.24) is 9.78 Å². The fourth-order valence-corrected chi connectivity index (χ4v) is 1.86. The highest BCUT2D eigenvalue weighted by molar-refractivity contribution is 5.98. The van der Waals surface area contributed by atoms with Crippen molar-refractivity contribution in [3.8, 4) is 0 Å². The maximum Gasteiger partial charge on any atom is 0.413 e. The SMILES string of the molecule is Cn1nc(NC(=O)OC(C)(C)C)c2cc([N+](=O)[O-])ccc21. The molecule has 2 aromatic rings. The lowest BCUT2D eigenvalue weighted by Crippen LogP contribution is -2.27. The number of nitrogens with zero attached hydrogens (tertiary/aromatic N) is 3. The Bertz CT molecular complexity index is 715. The van der Waals surface area contributed by atoms with E-state index in [1.807, 2.05) is 0 Å². The standard InChI is InChI=1S/C13H16N4O4/c1-13(2,3)21-12(18)14-11-9-7-8(17(19)20)5-6-10(9)16(4)15-11/h5-7H,1-4H3,(H,14,15,18). The Hall–Kier alpha value is -2.64. The molecule has 1 N–H and O–H groups in total. The summed E-state index contributed by atoms with van der Waals surface area (Å²) < 4.78 is 6.68. The van der Waals surface area contributed by atoms with Crippen LogP contribution in [0.25, 0.3) is 10.9 Å². The van der Waals surface area contributed by atoms with E-state index < -0.39 is 16.6 Å². The molecule has 8 nitrogen and oxygen atoms in total. The normalized spacial score (nSPS) is 11.4. The highest BCUT2D eigenvalue weighted by atomic mass is 16.6. The number of anilines is 1. The van der Waals surface area contributed by atoms with Crippen LogP contribution in [0, 0.1) is 10.1 Å². The Balaban J connectivity index is 2.37. The van der Waals surface area contributed by atoms with Gasteiger partial charge in [0.15, 0.2) is 5.82 Å². The van der Waals surface area contributed by atoms with Crippen molar-refractivity contribution in [2.45, 2.75) is 26.4 Å². The summed E-state index contributed by atoms with van der Waals surface area (Å²) in [4.78, 5) is 22.1. The molecule has 8 heteroatoms. The Labute approximate surface area is 120 Å². The predicted molar refractivity (Wildman–Crippen MR) is 77.2 cm³/mol. The molecule has 0 saturated heterocycles. The summed E-state index contributed by atoms with van der Waals surface area (Å²) in [5, 5.41) is 18.0. The first-order valence-corrected chi connectivity index (χ1v) is 6.28. The molecule has 0 atom stereocenters. The number of carbonyl (C=O) groups excluding carboxylic acids is 1. The second-order valence-electron chi connectivity index (χ2n) is 5.56. The fraction of sp³-hybridized carbons (Fsp3) is 0.385. The number of rotatable bonds is 2. The van der Waals surface area contributed by atoms with E-state index in [4.69, 9.17) is 4.74 Å². The van der Waals surface area contributed by atoms with Gasteiger partial charge in [-0.3, -0.25) is 20.1 Å². The summed E-state index contributed by atoms with van der Waals surface area (Å²) >= 11 is 0. The van der Waals surface area contributed by atoms with Gasteiger partial charge in [-0.15, -0.1) is 0 Å². The topological polar surface area (TPSA) is 99.3 Å². The molecule has 0 aliphatic rings. The van der Waals surface area contributed by atoms with Crippen LogP contribution in [0.15, 0.2) is 18.2 Å². The number of amides is 1. The molecule has 2 rings (SSSR count). The van der Waals surface area contributed by atoms with Crippen molar-refractivity contribution < 1.29 is 14.5 Å². The van der Waals surface area contributed by atoms with E-state index in [-0.39, 0.29) is 11.5 Å². The van der Waals surface area contributed by atoms with Gasteiger partial charge in [-0.2, -0.15) is 5.10 Å². The molecule has 0 unspecified atom stereocenters. The lowest BCUT2D eigenvalue weighted by molar-refractivity contribution is -0.384. The molecule has 112 valence electrons. The third kappa shape index (κ3) is 3.28. The highest BCUT2D eigenvalue weighted by Gasteiger charge is 2.19. The van der Waals surface area contributed by atoms with Gasteiger partial charge >= 0.3 is 6.09 Å². The van der Waals surface area contributed by atoms with E-state index >= 15 is 0 Å². The maximum atomic E-state index is 11.8. The fourth-order valence-electron chi connectivity index (χ4n) is 1.86. The van der Waals surface area contributed by atoms with Crippen molar-refractivity contribution in [1.29, 1.82) is 0 Å². The molecular formula is C13H16N4O4. The minimum atomic E-state index is -0.658. The largest absolute Gasteiger partial charge is 0.444 e. The molecule has 1 aromatic carbocycles. The van der Waals surface area contributed by atoms with Crippen LogP contribution >= 0.6 is 0 Å². The smallest absolute Gasteiger partial charge is 0.413 e. The zero-order valence-corrected chi connectivity index (χ0v) is 12.2. The lowest BCUT2D eigenvalue weighted by Gasteiger charge is -2.19. The highest BCUT2D eigenvalue weighted by Crippen LogP contribution is 2.27. The number of fused-ring (bicyclic) bond motifs is 1. The summed E-state index contributed by atoms with van der Waals surface area (Å²) in [6, 6.07) is 4.34. The number of ether oxygens (including phenoxy) is 1. The average Bonchev–Trinajstić information content (AvgIpc) is 2.63. The third-order valence-corrected chi connectivity index (χ3v) is 2.66. The first-order valence-electron chi connectivity index (χ1n) is 6.28. The molecule has 0 aliphatic heterocycles. The van der Waals surface area contributed by atoms with Gasteiger partial charge in [-0.05, 0) is 26.8 Å². The van der Waals surface area contributed by atoms with Crippen LogP contribution in [-0.2, 0) is 11.8 Å². The van der Waals surface area contributed by atoms with Gasteiger partial charge in [-0.25, -0.2) is 4.79 Å². The van der Waals surface area contributed by atoms with Crippen LogP contribution in [-0.4, -0.2) is 26.4 Å². The number of hydrogen-bond acceptors (Lipinski definition) is 5. The summed E-state index contributed by atoms with van der Waals surface area (Å²) in [6.45, 7) is 5.23. The van der Waals surface area contributed by atoms with Crippen LogP contribution in [0.3, 0.4) is 0 Å². The van der Waals surface area contributed by atoms with Crippen LogP contribution in [0.5, 0.6) is 0 Å². The molecule has 1 aromatic heterocycles. The molecule has 1 heterocycles. The van der Waals surface area contributed by atoms with Crippen LogP contribution in [0.2, 0.25) is 0 Å². The lowest BCUT2D eigenvalue weighted by atomic mass is 10.2. The summed E-state index contributed by atoms with van der Waals surface area (Å²) in [6.07, 6.45) is -0.658. The number of aromatic nitrogens is 2. The molecule has 0 saturated carbocycles. The van der Waals surface area contributed by atoms with E-state index in [0.29, 0.717) is 10.9 Å². The molecule has 0 aliphatic carbocycles. The number of nitrogens with one attached hydrogen (secondary N) is 1. The third-order valence-electron chi connectivity index (χ3n) is 2.66.